The van der Waals surface area contributed by atoms with Crippen molar-refractivity contribution < 1.29 is 14.7 Å². The van der Waals surface area contributed by atoms with Gasteiger partial charge in [0.2, 0.25) is 5.91 Å². The quantitative estimate of drug-likeness (QED) is 0.849. The normalized spacial score (nSPS) is 10.3. The van der Waals surface area contributed by atoms with E-state index in [4.69, 9.17) is 5.11 Å². The molecule has 0 aromatic carbocycles. The molecule has 1 heterocycles. The Morgan fingerprint density at radius 1 is 1.35 bits per heavy atom. The zero-order valence-electron chi connectivity index (χ0n) is 10.3. The molecule has 0 radical (unpaired) electrons. The number of thiophene rings is 1. The van der Waals surface area contributed by atoms with Gasteiger partial charge in [-0.1, -0.05) is 13.3 Å². The molecule has 4 nitrogen and oxygen atoms in total. The Labute approximate surface area is 105 Å². The molecule has 0 aliphatic carbocycles. The van der Waals surface area contributed by atoms with Crippen molar-refractivity contribution in [3.05, 3.63) is 16.0 Å². The Bertz CT molecular complexity index is 437. The summed E-state index contributed by atoms with van der Waals surface area (Å²) in [6, 6.07) is 0. The first kappa shape index (κ1) is 13.7. The van der Waals surface area contributed by atoms with E-state index >= 15 is 0 Å². The maximum absolute atomic E-state index is 11.6. The smallest absolute Gasteiger partial charge is 0.338 e. The first-order chi connectivity index (χ1) is 7.97. The van der Waals surface area contributed by atoms with Crippen LogP contribution in [0.4, 0.5) is 5.00 Å². The van der Waals surface area contributed by atoms with Crippen LogP contribution < -0.4 is 5.32 Å². The highest BCUT2D eigenvalue weighted by Crippen LogP contribution is 2.32. The average Bonchev–Trinajstić information content (AvgIpc) is 2.51. The number of carboxylic acid groups (broad SMARTS) is 1. The van der Waals surface area contributed by atoms with Gasteiger partial charge in [0.1, 0.15) is 5.00 Å². The summed E-state index contributed by atoms with van der Waals surface area (Å²) in [5.41, 5.74) is 0.950. The van der Waals surface area contributed by atoms with Crippen molar-refractivity contribution in [3.8, 4) is 0 Å². The Morgan fingerprint density at radius 2 is 2.00 bits per heavy atom. The van der Waals surface area contributed by atoms with E-state index < -0.39 is 5.97 Å². The third kappa shape index (κ3) is 3.30. The van der Waals surface area contributed by atoms with Crippen LogP contribution in [0.5, 0.6) is 0 Å². The highest BCUT2D eigenvalue weighted by Gasteiger charge is 2.19. The molecule has 0 unspecified atom stereocenters. The molecule has 1 rings (SSSR count). The van der Waals surface area contributed by atoms with E-state index in [-0.39, 0.29) is 11.5 Å². The van der Waals surface area contributed by atoms with Gasteiger partial charge in [0, 0.05) is 11.3 Å². The van der Waals surface area contributed by atoms with Crippen LogP contribution in [0.25, 0.3) is 0 Å². The van der Waals surface area contributed by atoms with Crippen LogP contribution >= 0.6 is 11.3 Å². The van der Waals surface area contributed by atoms with Gasteiger partial charge in [-0.3, -0.25) is 4.79 Å². The maximum Gasteiger partial charge on any atom is 0.338 e. The van der Waals surface area contributed by atoms with E-state index in [1.807, 2.05) is 13.8 Å². The summed E-state index contributed by atoms with van der Waals surface area (Å²) in [5.74, 6) is -1.10. The molecule has 17 heavy (non-hydrogen) atoms. The van der Waals surface area contributed by atoms with Gasteiger partial charge in [0.15, 0.2) is 0 Å². The molecule has 0 atom stereocenters. The Hall–Kier alpha value is -1.36. The van der Waals surface area contributed by atoms with Gasteiger partial charge in [-0.25, -0.2) is 4.79 Å². The largest absolute Gasteiger partial charge is 0.478 e. The fraction of sp³-hybridized carbons (Fsp3) is 0.500. The molecule has 1 aromatic heterocycles. The number of amides is 1. The minimum absolute atomic E-state index is 0.115. The van der Waals surface area contributed by atoms with Crippen LogP contribution in [0.2, 0.25) is 0 Å². The molecule has 0 aliphatic rings. The summed E-state index contributed by atoms with van der Waals surface area (Å²) in [7, 11) is 0. The molecule has 0 saturated heterocycles. The summed E-state index contributed by atoms with van der Waals surface area (Å²) >= 11 is 1.32. The lowest BCUT2D eigenvalue weighted by molar-refractivity contribution is -0.116. The molecule has 94 valence electrons. The molecule has 1 amide bonds. The van der Waals surface area contributed by atoms with Gasteiger partial charge in [0.25, 0.3) is 0 Å². The van der Waals surface area contributed by atoms with E-state index in [1.165, 1.54) is 11.3 Å². The number of aryl methyl sites for hydroxylation is 1. The predicted octanol–water partition coefficient (Wildman–Crippen LogP) is 3.19. The van der Waals surface area contributed by atoms with Crippen molar-refractivity contribution in [3.63, 3.8) is 0 Å². The summed E-state index contributed by atoms with van der Waals surface area (Å²) in [6.45, 7) is 5.63. The third-order valence-electron chi connectivity index (χ3n) is 2.61. The average molecular weight is 255 g/mol. The second-order valence-corrected chi connectivity index (χ2v) is 5.17. The minimum atomic E-state index is -0.988. The number of unbranched alkanes of at least 4 members (excludes halogenated alkanes) is 1. The number of rotatable bonds is 5. The van der Waals surface area contributed by atoms with Crippen LogP contribution in [0.3, 0.4) is 0 Å². The molecule has 0 aliphatic heterocycles. The standard InChI is InChI=1S/C12H17NO3S/c1-4-5-6-9(14)13-11-10(12(15)16)7(2)8(3)17-11/h4-6H2,1-3H3,(H,13,14)(H,15,16). The van der Waals surface area contributed by atoms with E-state index in [0.29, 0.717) is 11.4 Å². The molecule has 0 fully saturated rings. The molecule has 0 bridgehead atoms. The Morgan fingerprint density at radius 3 is 2.53 bits per heavy atom. The highest BCUT2D eigenvalue weighted by atomic mass is 32.1. The summed E-state index contributed by atoms with van der Waals surface area (Å²) in [6.07, 6.45) is 2.20. The van der Waals surface area contributed by atoms with E-state index in [1.54, 1.807) is 6.92 Å². The number of hydrogen-bond donors (Lipinski definition) is 2. The Kier molecular flexibility index (Phi) is 4.69. The minimum Gasteiger partial charge on any atom is -0.478 e. The lowest BCUT2D eigenvalue weighted by atomic mass is 10.1. The summed E-state index contributed by atoms with van der Waals surface area (Å²) < 4.78 is 0. The van der Waals surface area contributed by atoms with E-state index in [2.05, 4.69) is 5.32 Å². The maximum atomic E-state index is 11.6. The fourth-order valence-electron chi connectivity index (χ4n) is 1.50. The Balaban J connectivity index is 2.87. The zero-order chi connectivity index (χ0) is 13.0. The number of nitrogens with one attached hydrogen (secondary N) is 1. The molecular formula is C12H17NO3S. The van der Waals surface area contributed by atoms with Gasteiger partial charge < -0.3 is 10.4 Å². The molecule has 5 heteroatoms. The first-order valence-corrected chi connectivity index (χ1v) is 6.42. The van der Waals surface area contributed by atoms with Crippen molar-refractivity contribution in [2.75, 3.05) is 5.32 Å². The zero-order valence-corrected chi connectivity index (χ0v) is 11.1. The van der Waals surface area contributed by atoms with Gasteiger partial charge in [-0.05, 0) is 25.8 Å². The lowest BCUT2D eigenvalue weighted by Gasteiger charge is -2.03. The molecule has 1 aromatic rings. The van der Waals surface area contributed by atoms with Crippen LogP contribution in [-0.2, 0) is 4.79 Å². The molecule has 0 spiro atoms. The van der Waals surface area contributed by atoms with Crippen molar-refractivity contribution in [2.24, 2.45) is 0 Å². The number of aromatic carboxylic acids is 1. The van der Waals surface area contributed by atoms with Crippen LogP contribution in [0.15, 0.2) is 0 Å². The van der Waals surface area contributed by atoms with Gasteiger partial charge in [-0.15, -0.1) is 11.3 Å². The molecule has 2 N–H and O–H groups in total. The van der Waals surface area contributed by atoms with Crippen molar-refractivity contribution in [1.82, 2.24) is 0 Å². The third-order valence-corrected chi connectivity index (χ3v) is 3.73. The van der Waals surface area contributed by atoms with E-state index in [0.717, 1.165) is 23.3 Å². The second kappa shape index (κ2) is 5.82. The summed E-state index contributed by atoms with van der Waals surface area (Å²) in [5, 5.41) is 12.2. The second-order valence-electron chi connectivity index (χ2n) is 3.94. The number of carbonyl (C=O) groups excluding carboxylic acids is 1. The first-order valence-electron chi connectivity index (χ1n) is 5.60. The number of anilines is 1. The summed E-state index contributed by atoms with van der Waals surface area (Å²) in [4.78, 5) is 23.6. The number of carboxylic acids is 1. The molecule has 0 saturated carbocycles. The van der Waals surface area contributed by atoms with Crippen molar-refractivity contribution in [1.29, 1.82) is 0 Å². The number of hydrogen-bond acceptors (Lipinski definition) is 3. The molecular weight excluding hydrogens is 238 g/mol. The van der Waals surface area contributed by atoms with Gasteiger partial charge in [-0.2, -0.15) is 0 Å². The van der Waals surface area contributed by atoms with Crippen molar-refractivity contribution >= 4 is 28.2 Å². The predicted molar refractivity (Wildman–Crippen MR) is 68.9 cm³/mol. The monoisotopic (exact) mass is 255 g/mol. The topological polar surface area (TPSA) is 66.4 Å². The van der Waals surface area contributed by atoms with Gasteiger partial charge >= 0.3 is 5.97 Å². The lowest BCUT2D eigenvalue weighted by Crippen LogP contribution is -2.12. The van der Waals surface area contributed by atoms with Crippen LogP contribution in [0, 0.1) is 13.8 Å². The highest BCUT2D eigenvalue weighted by molar-refractivity contribution is 7.16. The SMILES string of the molecule is CCCCC(=O)Nc1sc(C)c(C)c1C(=O)O. The van der Waals surface area contributed by atoms with Gasteiger partial charge in [0.05, 0.1) is 5.56 Å². The van der Waals surface area contributed by atoms with E-state index in [9.17, 15) is 9.59 Å². The van der Waals surface area contributed by atoms with Crippen molar-refractivity contribution in [2.45, 2.75) is 40.0 Å². The fourth-order valence-corrected chi connectivity index (χ4v) is 2.57. The van der Waals surface area contributed by atoms with Crippen LogP contribution in [-0.4, -0.2) is 17.0 Å². The van der Waals surface area contributed by atoms with Crippen LogP contribution in [0.1, 0.15) is 47.0 Å². The number of carbonyl (C=O) groups is 2.